The number of hydrogen-bond donors (Lipinski definition) is 2. The molecule has 18 heavy (non-hydrogen) atoms. The van der Waals surface area contributed by atoms with E-state index in [2.05, 4.69) is 0 Å². The lowest BCUT2D eigenvalue weighted by Crippen LogP contribution is -2.41. The fourth-order valence-corrected chi connectivity index (χ4v) is 2.01. The number of nitrogens with one attached hydrogen (secondary N) is 1. The van der Waals surface area contributed by atoms with Crippen LogP contribution in [-0.2, 0) is 4.79 Å². The van der Waals surface area contributed by atoms with Gasteiger partial charge in [-0.2, -0.15) is 0 Å². The van der Waals surface area contributed by atoms with Crippen LogP contribution in [0.3, 0.4) is 0 Å². The van der Waals surface area contributed by atoms with Gasteiger partial charge in [0.2, 0.25) is 6.43 Å². The Morgan fingerprint density at radius 3 is 2.72 bits per heavy atom. The van der Waals surface area contributed by atoms with Crippen LogP contribution in [0, 0.1) is 0 Å². The summed E-state index contributed by atoms with van der Waals surface area (Å²) in [5, 5.41) is 12.3. The van der Waals surface area contributed by atoms with E-state index in [4.69, 9.17) is 9.84 Å². The third kappa shape index (κ3) is 3.66. The van der Waals surface area contributed by atoms with E-state index in [1.165, 1.54) is 13.2 Å². The largest absolute Gasteiger partial charge is 0.495 e. The van der Waals surface area contributed by atoms with Gasteiger partial charge in [-0.15, -0.1) is 11.3 Å². The normalized spacial score (nSPS) is 12.2. The Morgan fingerprint density at radius 2 is 2.22 bits per heavy atom. The minimum atomic E-state index is -2.81. The standard InChI is InChI=1S/C10H11F2NO4S/c1-17-6-2-3-18-8(6)9(14)13-5(10(15)16)4-7(11)12/h2-3,5,7H,4H2,1H3,(H,13,14)(H,15,16). The van der Waals surface area contributed by atoms with Gasteiger partial charge in [-0.25, -0.2) is 13.6 Å². The van der Waals surface area contributed by atoms with Crippen LogP contribution in [0.15, 0.2) is 11.4 Å². The second kappa shape index (κ2) is 6.29. The van der Waals surface area contributed by atoms with Crippen LogP contribution in [0.4, 0.5) is 8.78 Å². The Kier molecular flexibility index (Phi) is 5.02. The Balaban J connectivity index is 2.75. The summed E-state index contributed by atoms with van der Waals surface area (Å²) in [7, 11) is 1.35. The molecule has 0 bridgehead atoms. The van der Waals surface area contributed by atoms with E-state index < -0.39 is 30.8 Å². The van der Waals surface area contributed by atoms with E-state index in [9.17, 15) is 18.4 Å². The van der Waals surface area contributed by atoms with Gasteiger partial charge in [0.25, 0.3) is 5.91 Å². The molecule has 1 unspecified atom stereocenters. The number of aliphatic carboxylic acids is 1. The van der Waals surface area contributed by atoms with E-state index >= 15 is 0 Å². The molecular weight excluding hydrogens is 268 g/mol. The molecule has 0 aliphatic carbocycles. The van der Waals surface area contributed by atoms with Crippen molar-refractivity contribution >= 4 is 23.2 Å². The highest BCUT2D eigenvalue weighted by molar-refractivity contribution is 7.12. The number of alkyl halides is 2. The number of carboxylic acids is 1. The Morgan fingerprint density at radius 1 is 1.56 bits per heavy atom. The van der Waals surface area contributed by atoms with Crippen molar-refractivity contribution in [2.24, 2.45) is 0 Å². The van der Waals surface area contributed by atoms with E-state index in [1.54, 1.807) is 5.38 Å². The lowest BCUT2D eigenvalue weighted by atomic mass is 10.2. The number of methoxy groups -OCH3 is 1. The second-order valence-corrected chi connectivity index (χ2v) is 4.23. The highest BCUT2D eigenvalue weighted by Gasteiger charge is 2.26. The van der Waals surface area contributed by atoms with Gasteiger partial charge in [0.1, 0.15) is 16.7 Å². The van der Waals surface area contributed by atoms with Gasteiger partial charge in [-0.05, 0) is 11.4 Å². The van der Waals surface area contributed by atoms with Crippen LogP contribution < -0.4 is 10.1 Å². The molecule has 5 nitrogen and oxygen atoms in total. The first-order chi connectivity index (χ1) is 8.45. The Bertz CT molecular complexity index is 435. The molecule has 0 radical (unpaired) electrons. The number of carbonyl (C=O) groups excluding carboxylic acids is 1. The minimum absolute atomic E-state index is 0.151. The number of amides is 1. The summed E-state index contributed by atoms with van der Waals surface area (Å²) in [4.78, 5) is 22.6. The summed E-state index contributed by atoms with van der Waals surface area (Å²) in [5.74, 6) is -1.97. The number of carbonyl (C=O) groups is 2. The van der Waals surface area contributed by atoms with Gasteiger partial charge in [0.15, 0.2) is 0 Å². The zero-order valence-corrected chi connectivity index (χ0v) is 10.2. The summed E-state index contributed by atoms with van der Waals surface area (Å²) in [6.45, 7) is 0. The Hall–Kier alpha value is -1.70. The zero-order chi connectivity index (χ0) is 13.7. The number of hydrogen-bond acceptors (Lipinski definition) is 4. The van der Waals surface area contributed by atoms with Crippen molar-refractivity contribution in [2.75, 3.05) is 7.11 Å². The second-order valence-electron chi connectivity index (χ2n) is 3.31. The van der Waals surface area contributed by atoms with E-state index in [-0.39, 0.29) is 10.6 Å². The zero-order valence-electron chi connectivity index (χ0n) is 9.35. The van der Waals surface area contributed by atoms with Crippen molar-refractivity contribution in [2.45, 2.75) is 18.9 Å². The summed E-state index contributed by atoms with van der Waals surface area (Å²) in [6, 6.07) is -0.0908. The van der Waals surface area contributed by atoms with Crippen LogP contribution in [0.25, 0.3) is 0 Å². The van der Waals surface area contributed by atoms with Crippen molar-refractivity contribution in [1.29, 1.82) is 0 Å². The summed E-state index contributed by atoms with van der Waals surface area (Å²) >= 11 is 1.04. The number of rotatable bonds is 6. The predicted molar refractivity (Wildman–Crippen MR) is 60.4 cm³/mol. The van der Waals surface area contributed by atoms with Crippen LogP contribution in [-0.4, -0.2) is 36.6 Å². The van der Waals surface area contributed by atoms with Gasteiger partial charge >= 0.3 is 5.97 Å². The quantitative estimate of drug-likeness (QED) is 0.829. The van der Waals surface area contributed by atoms with Crippen LogP contribution >= 0.6 is 11.3 Å². The molecule has 0 saturated carbocycles. The number of thiophene rings is 1. The molecule has 0 aliphatic rings. The minimum Gasteiger partial charge on any atom is -0.495 e. The van der Waals surface area contributed by atoms with Crippen molar-refractivity contribution in [1.82, 2.24) is 5.32 Å². The number of halogens is 2. The maximum Gasteiger partial charge on any atom is 0.326 e. The van der Waals surface area contributed by atoms with E-state index in [0.29, 0.717) is 0 Å². The van der Waals surface area contributed by atoms with Gasteiger partial charge in [0.05, 0.1) is 7.11 Å². The molecule has 1 heterocycles. The molecule has 1 aromatic heterocycles. The first kappa shape index (κ1) is 14.4. The highest BCUT2D eigenvalue weighted by Crippen LogP contribution is 2.24. The fraction of sp³-hybridized carbons (Fsp3) is 0.400. The topological polar surface area (TPSA) is 75.6 Å². The molecule has 0 aromatic carbocycles. The summed E-state index contributed by atoms with van der Waals surface area (Å²) in [5.41, 5.74) is 0. The molecule has 0 spiro atoms. The van der Waals surface area contributed by atoms with Crippen molar-refractivity contribution < 1.29 is 28.2 Å². The smallest absolute Gasteiger partial charge is 0.326 e. The first-order valence-corrected chi connectivity index (χ1v) is 5.77. The lowest BCUT2D eigenvalue weighted by molar-refractivity contribution is -0.140. The van der Waals surface area contributed by atoms with Gasteiger partial charge < -0.3 is 15.2 Å². The van der Waals surface area contributed by atoms with Crippen molar-refractivity contribution in [3.05, 3.63) is 16.3 Å². The average molecular weight is 279 g/mol. The van der Waals surface area contributed by atoms with Gasteiger partial charge in [0, 0.05) is 6.42 Å². The third-order valence-electron chi connectivity index (χ3n) is 2.07. The highest BCUT2D eigenvalue weighted by atomic mass is 32.1. The Labute approximate surface area is 105 Å². The first-order valence-electron chi connectivity index (χ1n) is 4.89. The average Bonchev–Trinajstić information content (AvgIpc) is 2.75. The molecule has 1 aromatic rings. The summed E-state index contributed by atoms with van der Waals surface area (Å²) < 4.78 is 29.2. The molecule has 0 saturated heterocycles. The molecule has 1 amide bonds. The number of carboxylic acid groups (broad SMARTS) is 1. The van der Waals surface area contributed by atoms with Gasteiger partial charge in [-0.1, -0.05) is 0 Å². The van der Waals surface area contributed by atoms with Crippen LogP contribution in [0.2, 0.25) is 0 Å². The molecule has 1 rings (SSSR count). The van der Waals surface area contributed by atoms with Crippen molar-refractivity contribution in [3.63, 3.8) is 0 Å². The SMILES string of the molecule is COc1ccsc1C(=O)NC(CC(F)F)C(=O)O. The van der Waals surface area contributed by atoms with E-state index in [1.807, 2.05) is 5.32 Å². The number of ether oxygens (including phenoxy) is 1. The maximum absolute atomic E-state index is 12.1. The van der Waals surface area contributed by atoms with Gasteiger partial charge in [-0.3, -0.25) is 4.79 Å². The maximum atomic E-state index is 12.1. The molecule has 1 atom stereocenters. The van der Waals surface area contributed by atoms with E-state index in [0.717, 1.165) is 11.3 Å². The fourth-order valence-electron chi connectivity index (χ4n) is 1.25. The molecule has 8 heteroatoms. The predicted octanol–water partition coefficient (Wildman–Crippen LogP) is 1.59. The molecular formula is C10H11F2NO4S. The molecule has 100 valence electrons. The lowest BCUT2D eigenvalue weighted by Gasteiger charge is -2.13. The van der Waals surface area contributed by atoms with Crippen LogP contribution in [0.5, 0.6) is 5.75 Å². The monoisotopic (exact) mass is 279 g/mol. The van der Waals surface area contributed by atoms with Crippen LogP contribution in [0.1, 0.15) is 16.1 Å². The molecule has 2 N–H and O–H groups in total. The summed E-state index contributed by atoms with van der Waals surface area (Å²) in [6.07, 6.45) is -3.74. The molecule has 0 aliphatic heterocycles. The molecule has 0 fully saturated rings. The third-order valence-corrected chi connectivity index (χ3v) is 2.97. The van der Waals surface area contributed by atoms with Crippen molar-refractivity contribution in [3.8, 4) is 5.75 Å².